The molecule has 0 saturated carbocycles. The van der Waals surface area contributed by atoms with Gasteiger partial charge in [0.25, 0.3) is 0 Å². The van der Waals surface area contributed by atoms with Gasteiger partial charge in [-0.2, -0.15) is 0 Å². The summed E-state index contributed by atoms with van der Waals surface area (Å²) in [6.07, 6.45) is 1.78. The number of ether oxygens (including phenoxy) is 2. The molecule has 2 aromatic carbocycles. The maximum Gasteiger partial charge on any atom is 0.230 e. The van der Waals surface area contributed by atoms with Gasteiger partial charge in [0.1, 0.15) is 18.1 Å². The number of methoxy groups -OCH3 is 1. The Morgan fingerprint density at radius 3 is 2.69 bits per heavy atom. The summed E-state index contributed by atoms with van der Waals surface area (Å²) < 4.78 is 13.0. The minimum Gasteiger partial charge on any atom is -0.497 e. The second-order valence-electron chi connectivity index (χ2n) is 7.27. The Hall–Kier alpha value is -3.26. The molecule has 0 aliphatic rings. The summed E-state index contributed by atoms with van der Waals surface area (Å²) in [5.74, 6) is 2.46. The van der Waals surface area contributed by atoms with Crippen molar-refractivity contribution in [2.45, 2.75) is 38.7 Å². The van der Waals surface area contributed by atoms with Crippen molar-refractivity contribution in [3.05, 3.63) is 77.6 Å². The van der Waals surface area contributed by atoms with E-state index in [4.69, 9.17) is 9.47 Å². The number of thioether (sulfide) groups is 1. The van der Waals surface area contributed by atoms with Crippen molar-refractivity contribution in [1.29, 1.82) is 0 Å². The summed E-state index contributed by atoms with van der Waals surface area (Å²) in [5, 5.41) is 12.1. The topological polar surface area (TPSA) is 78.3 Å². The molecule has 0 aliphatic heterocycles. The maximum absolute atomic E-state index is 12.3. The number of benzene rings is 2. The molecule has 168 valence electrons. The molecule has 0 unspecified atom stereocenters. The van der Waals surface area contributed by atoms with Crippen LogP contribution in [0.2, 0.25) is 0 Å². The van der Waals surface area contributed by atoms with Crippen LogP contribution in [0, 0.1) is 13.8 Å². The van der Waals surface area contributed by atoms with Gasteiger partial charge < -0.3 is 14.8 Å². The summed E-state index contributed by atoms with van der Waals surface area (Å²) in [4.78, 5) is 12.3. The van der Waals surface area contributed by atoms with E-state index in [-0.39, 0.29) is 18.3 Å². The number of nitrogens with one attached hydrogen (secondary N) is 1. The third-order valence-corrected chi connectivity index (χ3v) is 5.75. The minimum atomic E-state index is -0.0767. The van der Waals surface area contributed by atoms with Gasteiger partial charge in [-0.15, -0.1) is 16.8 Å². The number of hydrogen-bond acceptors (Lipinski definition) is 6. The Balaban J connectivity index is 1.56. The van der Waals surface area contributed by atoms with E-state index in [2.05, 4.69) is 28.2 Å². The van der Waals surface area contributed by atoms with Gasteiger partial charge >= 0.3 is 0 Å². The first-order valence-electron chi connectivity index (χ1n) is 10.3. The lowest BCUT2D eigenvalue weighted by molar-refractivity contribution is -0.118. The Bertz CT molecular complexity index is 1060. The number of rotatable bonds is 11. The van der Waals surface area contributed by atoms with Crippen molar-refractivity contribution in [2.75, 3.05) is 12.9 Å². The average Bonchev–Trinajstić information content (AvgIpc) is 3.19. The fourth-order valence-corrected chi connectivity index (χ4v) is 3.77. The summed E-state index contributed by atoms with van der Waals surface area (Å²) in [6.45, 7) is 9.13. The van der Waals surface area contributed by atoms with Crippen LogP contribution in [0.4, 0.5) is 0 Å². The van der Waals surface area contributed by atoms with Crippen LogP contribution >= 0.6 is 11.8 Å². The number of carbonyl (C=O) groups is 1. The van der Waals surface area contributed by atoms with E-state index in [1.54, 1.807) is 13.2 Å². The van der Waals surface area contributed by atoms with Crippen molar-refractivity contribution >= 4 is 17.7 Å². The molecule has 1 aromatic heterocycles. The summed E-state index contributed by atoms with van der Waals surface area (Å²) in [6, 6.07) is 13.7. The standard InChI is InChI=1S/C24H28N4O3S/c1-5-12-28-22(15-31-21-13-17(2)6-7-18(21)3)26-27-24(28)32-16-23(29)25-14-19-8-10-20(30-4)11-9-19/h5-11,13H,1,12,14-16H2,2-4H3,(H,25,29). The van der Waals surface area contributed by atoms with Gasteiger partial charge in [-0.05, 0) is 48.7 Å². The number of hydrogen-bond donors (Lipinski definition) is 1. The molecule has 7 nitrogen and oxygen atoms in total. The van der Waals surface area contributed by atoms with Crippen LogP contribution in [-0.4, -0.2) is 33.5 Å². The van der Waals surface area contributed by atoms with Crippen molar-refractivity contribution < 1.29 is 14.3 Å². The van der Waals surface area contributed by atoms with Crippen molar-refractivity contribution in [3.8, 4) is 11.5 Å². The largest absolute Gasteiger partial charge is 0.497 e. The van der Waals surface area contributed by atoms with Crippen molar-refractivity contribution in [3.63, 3.8) is 0 Å². The van der Waals surface area contributed by atoms with Gasteiger partial charge in [0.05, 0.1) is 12.9 Å². The third-order valence-electron chi connectivity index (χ3n) is 4.79. The van der Waals surface area contributed by atoms with E-state index in [1.165, 1.54) is 11.8 Å². The molecule has 1 heterocycles. The highest BCUT2D eigenvalue weighted by atomic mass is 32.2. The molecule has 1 N–H and O–H groups in total. The molecule has 8 heteroatoms. The van der Waals surface area contributed by atoms with Crippen molar-refractivity contribution in [1.82, 2.24) is 20.1 Å². The van der Waals surface area contributed by atoms with Crippen LogP contribution in [0.15, 0.2) is 60.3 Å². The second kappa shape index (κ2) is 11.4. The normalized spacial score (nSPS) is 10.6. The van der Waals surface area contributed by atoms with Gasteiger partial charge in [0.2, 0.25) is 5.91 Å². The van der Waals surface area contributed by atoms with Gasteiger partial charge in [0, 0.05) is 13.1 Å². The first-order chi connectivity index (χ1) is 15.5. The van der Waals surface area contributed by atoms with E-state index in [0.29, 0.717) is 24.1 Å². The van der Waals surface area contributed by atoms with E-state index in [1.807, 2.05) is 54.8 Å². The fraction of sp³-hybridized carbons (Fsp3) is 0.292. The van der Waals surface area contributed by atoms with Crippen LogP contribution in [0.3, 0.4) is 0 Å². The van der Waals surface area contributed by atoms with E-state index >= 15 is 0 Å². The van der Waals surface area contributed by atoms with Gasteiger partial charge in [0.15, 0.2) is 11.0 Å². The molecule has 0 atom stereocenters. The lowest BCUT2D eigenvalue weighted by Gasteiger charge is -2.11. The van der Waals surface area contributed by atoms with E-state index < -0.39 is 0 Å². The predicted octanol–water partition coefficient (Wildman–Crippen LogP) is 4.08. The molecular formula is C24H28N4O3S. The number of aryl methyl sites for hydroxylation is 2. The highest BCUT2D eigenvalue weighted by molar-refractivity contribution is 7.99. The zero-order chi connectivity index (χ0) is 22.9. The quantitative estimate of drug-likeness (QED) is 0.349. The van der Waals surface area contributed by atoms with E-state index in [9.17, 15) is 4.79 Å². The SMILES string of the molecule is C=CCn1c(COc2cc(C)ccc2C)nnc1SCC(=O)NCc1ccc(OC)cc1. The first kappa shape index (κ1) is 23.4. The van der Waals surface area contributed by atoms with E-state index in [0.717, 1.165) is 28.2 Å². The first-order valence-corrected chi connectivity index (χ1v) is 11.2. The summed E-state index contributed by atoms with van der Waals surface area (Å²) in [7, 11) is 1.63. The summed E-state index contributed by atoms with van der Waals surface area (Å²) >= 11 is 1.34. The second-order valence-corrected chi connectivity index (χ2v) is 8.21. The molecule has 3 rings (SSSR count). The van der Waals surface area contributed by atoms with Crippen LogP contribution < -0.4 is 14.8 Å². The number of nitrogens with zero attached hydrogens (tertiary/aromatic N) is 3. The highest BCUT2D eigenvalue weighted by Crippen LogP contribution is 2.22. The monoisotopic (exact) mass is 452 g/mol. The fourth-order valence-electron chi connectivity index (χ4n) is 2.98. The Kier molecular flexibility index (Phi) is 8.33. The van der Waals surface area contributed by atoms with Gasteiger partial charge in [-0.25, -0.2) is 0 Å². The number of carbonyl (C=O) groups excluding carboxylic acids is 1. The molecule has 0 bridgehead atoms. The molecule has 1 amide bonds. The van der Waals surface area contributed by atoms with Crippen LogP contribution in [-0.2, 0) is 24.5 Å². The number of allylic oxidation sites excluding steroid dienone is 1. The third kappa shape index (κ3) is 6.37. The molecule has 0 aliphatic carbocycles. The zero-order valence-corrected chi connectivity index (χ0v) is 19.4. The Morgan fingerprint density at radius 2 is 1.97 bits per heavy atom. The van der Waals surface area contributed by atoms with Crippen LogP contribution in [0.5, 0.6) is 11.5 Å². The lowest BCUT2D eigenvalue weighted by Crippen LogP contribution is -2.24. The maximum atomic E-state index is 12.3. The predicted molar refractivity (Wildman–Crippen MR) is 126 cm³/mol. The average molecular weight is 453 g/mol. The van der Waals surface area contributed by atoms with Crippen LogP contribution in [0.1, 0.15) is 22.5 Å². The zero-order valence-electron chi connectivity index (χ0n) is 18.6. The molecule has 0 fully saturated rings. The minimum absolute atomic E-state index is 0.0767. The Morgan fingerprint density at radius 1 is 1.19 bits per heavy atom. The molecule has 0 radical (unpaired) electrons. The molecular weight excluding hydrogens is 424 g/mol. The molecule has 0 saturated heterocycles. The Labute approximate surface area is 192 Å². The molecule has 3 aromatic rings. The van der Waals surface area contributed by atoms with Crippen molar-refractivity contribution in [2.24, 2.45) is 0 Å². The number of amides is 1. The van der Waals surface area contributed by atoms with Gasteiger partial charge in [-0.1, -0.05) is 42.1 Å². The molecule has 32 heavy (non-hydrogen) atoms. The molecule has 0 spiro atoms. The van der Waals surface area contributed by atoms with Gasteiger partial charge in [-0.3, -0.25) is 9.36 Å². The highest BCUT2D eigenvalue weighted by Gasteiger charge is 2.14. The smallest absolute Gasteiger partial charge is 0.230 e. The summed E-state index contributed by atoms with van der Waals surface area (Å²) in [5.41, 5.74) is 3.20. The van der Waals surface area contributed by atoms with Crippen LogP contribution in [0.25, 0.3) is 0 Å². The number of aromatic nitrogens is 3. The lowest BCUT2D eigenvalue weighted by atomic mass is 10.1.